The summed E-state index contributed by atoms with van der Waals surface area (Å²) in [6.07, 6.45) is 0. The van der Waals surface area contributed by atoms with Crippen molar-refractivity contribution in [3.05, 3.63) is 0 Å². The van der Waals surface area contributed by atoms with E-state index in [4.69, 9.17) is 0 Å². The predicted octanol–water partition coefficient (Wildman–Crippen LogP) is 1.29. The van der Waals surface area contributed by atoms with E-state index in [1.54, 1.807) is 0 Å². The first-order valence-electron chi connectivity index (χ1n) is 4.55. The van der Waals surface area contributed by atoms with Crippen LogP contribution in [0.25, 0.3) is 0 Å². The zero-order valence-electron chi connectivity index (χ0n) is 8.33. The molecular weight excluding hydrogens is 184 g/mol. The first kappa shape index (κ1) is 10.6. The van der Waals surface area contributed by atoms with Crippen LogP contribution < -0.4 is 5.32 Å². The Kier molecular flexibility index (Phi) is 3.78. The molecule has 0 bridgehead atoms. The van der Waals surface area contributed by atoms with Gasteiger partial charge in [0, 0.05) is 0 Å². The molecule has 74 valence electrons. The Morgan fingerprint density at radius 1 is 1.62 bits per heavy atom. The van der Waals surface area contributed by atoms with Crippen LogP contribution in [-0.2, 0) is 4.79 Å². The molecule has 4 heteroatoms. The van der Waals surface area contributed by atoms with Crippen molar-refractivity contribution in [1.82, 2.24) is 5.32 Å². The molecule has 0 aromatic rings. The number of hydrogen-bond acceptors (Lipinski definition) is 3. The van der Waals surface area contributed by atoms with Crippen molar-refractivity contribution in [2.75, 3.05) is 11.5 Å². The van der Waals surface area contributed by atoms with Gasteiger partial charge in [0.05, 0.1) is 5.75 Å². The molecule has 1 heterocycles. The molecule has 1 amide bonds. The average Bonchev–Trinajstić information content (AvgIpc) is 2.30. The molecular formula is C9H16N2OS. The number of thioether (sulfide) groups is 1. The van der Waals surface area contributed by atoms with Crippen LogP contribution in [-0.4, -0.2) is 29.3 Å². The molecule has 0 saturated heterocycles. The van der Waals surface area contributed by atoms with Crippen LogP contribution in [0.5, 0.6) is 0 Å². The molecule has 0 aromatic carbocycles. The summed E-state index contributed by atoms with van der Waals surface area (Å²) in [7, 11) is 0. The van der Waals surface area contributed by atoms with Crippen molar-refractivity contribution >= 4 is 23.5 Å². The summed E-state index contributed by atoms with van der Waals surface area (Å²) in [4.78, 5) is 15.2. The molecule has 13 heavy (non-hydrogen) atoms. The molecule has 0 aliphatic carbocycles. The maximum atomic E-state index is 11.0. The number of nitrogens with one attached hydrogen (secondary N) is 1. The van der Waals surface area contributed by atoms with Crippen LogP contribution in [0.4, 0.5) is 0 Å². The van der Waals surface area contributed by atoms with Crippen molar-refractivity contribution in [1.29, 1.82) is 0 Å². The monoisotopic (exact) mass is 200 g/mol. The fourth-order valence-corrected chi connectivity index (χ4v) is 1.97. The van der Waals surface area contributed by atoms with Gasteiger partial charge in [0.25, 0.3) is 0 Å². The Bertz CT molecular complexity index is 226. The summed E-state index contributed by atoms with van der Waals surface area (Å²) < 4.78 is 0. The number of amidine groups is 1. The van der Waals surface area contributed by atoms with Gasteiger partial charge in [-0.15, -0.1) is 0 Å². The van der Waals surface area contributed by atoms with Crippen molar-refractivity contribution < 1.29 is 4.79 Å². The van der Waals surface area contributed by atoms with E-state index in [9.17, 15) is 4.79 Å². The van der Waals surface area contributed by atoms with Gasteiger partial charge in [-0.2, -0.15) is 11.8 Å². The van der Waals surface area contributed by atoms with E-state index in [0.717, 1.165) is 17.3 Å². The highest BCUT2D eigenvalue weighted by Crippen LogP contribution is 2.09. The number of amides is 1. The molecule has 1 atom stereocenters. The molecule has 0 saturated carbocycles. The third kappa shape index (κ3) is 3.38. The molecule has 3 nitrogen and oxygen atoms in total. The maximum absolute atomic E-state index is 11.0. The van der Waals surface area contributed by atoms with E-state index in [1.807, 2.05) is 18.7 Å². The molecule has 1 N–H and O–H groups in total. The topological polar surface area (TPSA) is 41.5 Å². The van der Waals surface area contributed by atoms with E-state index in [1.165, 1.54) is 0 Å². The highest BCUT2D eigenvalue weighted by atomic mass is 32.2. The molecule has 1 aliphatic heterocycles. The largest absolute Gasteiger partial charge is 0.312 e. The van der Waals surface area contributed by atoms with Crippen LogP contribution in [0.3, 0.4) is 0 Å². The third-order valence-electron chi connectivity index (χ3n) is 1.69. The Labute approximate surface area is 83.4 Å². The highest BCUT2D eigenvalue weighted by molar-refractivity contribution is 7.99. The third-order valence-corrected chi connectivity index (χ3v) is 3.07. The minimum Gasteiger partial charge on any atom is -0.312 e. The van der Waals surface area contributed by atoms with Gasteiger partial charge in [-0.25, -0.2) is 0 Å². The molecule has 1 aliphatic rings. The first-order chi connectivity index (χ1) is 6.09. The van der Waals surface area contributed by atoms with E-state index < -0.39 is 0 Å². The Morgan fingerprint density at radius 3 is 2.77 bits per heavy atom. The second-order valence-electron chi connectivity index (χ2n) is 3.65. The van der Waals surface area contributed by atoms with Gasteiger partial charge in [0.2, 0.25) is 5.91 Å². The summed E-state index contributed by atoms with van der Waals surface area (Å²) in [5, 5.41) is 2.77. The average molecular weight is 200 g/mol. The van der Waals surface area contributed by atoms with E-state index in [2.05, 4.69) is 24.2 Å². The second-order valence-corrected chi connectivity index (χ2v) is 4.68. The Balaban J connectivity index is 2.24. The summed E-state index contributed by atoms with van der Waals surface area (Å²) in [6.45, 7) is 6.19. The number of rotatable bonds is 4. The maximum Gasteiger partial charge on any atom is 0.249 e. The van der Waals surface area contributed by atoms with Crippen molar-refractivity contribution in [3.63, 3.8) is 0 Å². The summed E-state index contributed by atoms with van der Waals surface area (Å²) in [5.41, 5.74) is 0. The lowest BCUT2D eigenvalue weighted by atomic mass is 10.3. The number of nitrogens with zero attached hydrogens (tertiary/aromatic N) is 1. The van der Waals surface area contributed by atoms with Crippen LogP contribution in [0.2, 0.25) is 0 Å². The minimum atomic E-state index is -0.186. The van der Waals surface area contributed by atoms with Crippen molar-refractivity contribution in [3.8, 4) is 0 Å². The number of aliphatic imine (C=N–C) groups is 1. The van der Waals surface area contributed by atoms with Gasteiger partial charge < -0.3 is 5.32 Å². The summed E-state index contributed by atoms with van der Waals surface area (Å²) in [6, 6.07) is -0.186. The Morgan fingerprint density at radius 2 is 2.31 bits per heavy atom. The van der Waals surface area contributed by atoms with Gasteiger partial charge in [-0.3, -0.25) is 9.79 Å². The number of carbonyl (C=O) groups is 1. The van der Waals surface area contributed by atoms with E-state index in [-0.39, 0.29) is 11.9 Å². The van der Waals surface area contributed by atoms with E-state index >= 15 is 0 Å². The van der Waals surface area contributed by atoms with Gasteiger partial charge >= 0.3 is 0 Å². The molecule has 1 rings (SSSR count). The highest BCUT2D eigenvalue weighted by Gasteiger charge is 2.20. The predicted molar refractivity (Wildman–Crippen MR) is 57.2 cm³/mol. The van der Waals surface area contributed by atoms with Crippen LogP contribution in [0.1, 0.15) is 20.8 Å². The Hall–Kier alpha value is -0.510. The van der Waals surface area contributed by atoms with Gasteiger partial charge in [-0.05, 0) is 18.6 Å². The van der Waals surface area contributed by atoms with Crippen LogP contribution in [0.15, 0.2) is 4.99 Å². The second kappa shape index (κ2) is 4.65. The molecule has 0 aromatic heterocycles. The van der Waals surface area contributed by atoms with Crippen LogP contribution in [0, 0.1) is 5.92 Å². The van der Waals surface area contributed by atoms with E-state index in [0.29, 0.717) is 5.92 Å². The number of carbonyl (C=O) groups excluding carboxylic acids is 1. The molecule has 0 radical (unpaired) electrons. The smallest absolute Gasteiger partial charge is 0.249 e. The summed E-state index contributed by atoms with van der Waals surface area (Å²) >= 11 is 1.82. The summed E-state index contributed by atoms with van der Waals surface area (Å²) in [5.74, 6) is 3.50. The standard InChI is InChI=1S/C9H16N2OS/c1-6(2)4-13-5-8-10-7(3)9(12)11-8/h6-7H,4-5H2,1-3H3,(H,10,11,12). The van der Waals surface area contributed by atoms with Gasteiger partial charge in [-0.1, -0.05) is 13.8 Å². The molecule has 0 fully saturated rings. The zero-order chi connectivity index (χ0) is 9.84. The fourth-order valence-electron chi connectivity index (χ4n) is 1.04. The van der Waals surface area contributed by atoms with Crippen molar-refractivity contribution in [2.45, 2.75) is 26.8 Å². The first-order valence-corrected chi connectivity index (χ1v) is 5.70. The molecule has 1 unspecified atom stereocenters. The van der Waals surface area contributed by atoms with Gasteiger partial charge in [0.15, 0.2) is 0 Å². The minimum absolute atomic E-state index is 0.0279. The van der Waals surface area contributed by atoms with Crippen molar-refractivity contribution in [2.24, 2.45) is 10.9 Å². The number of hydrogen-bond donors (Lipinski definition) is 1. The lowest BCUT2D eigenvalue weighted by Crippen LogP contribution is -2.28. The normalized spacial score (nSPS) is 22.0. The lowest BCUT2D eigenvalue weighted by Gasteiger charge is -2.03. The fraction of sp³-hybridized carbons (Fsp3) is 0.778. The lowest BCUT2D eigenvalue weighted by molar-refractivity contribution is -0.119. The quantitative estimate of drug-likeness (QED) is 0.743. The molecule has 0 spiro atoms. The van der Waals surface area contributed by atoms with Gasteiger partial charge in [0.1, 0.15) is 11.9 Å². The SMILES string of the molecule is CC(C)CSCC1=NC(C)C(=O)N1. The van der Waals surface area contributed by atoms with Crippen LogP contribution >= 0.6 is 11.8 Å². The zero-order valence-corrected chi connectivity index (χ0v) is 9.15.